The van der Waals surface area contributed by atoms with E-state index in [0.29, 0.717) is 11.9 Å². The molecule has 21 heavy (non-hydrogen) atoms. The van der Waals surface area contributed by atoms with E-state index in [0.717, 1.165) is 44.5 Å². The first-order valence-corrected chi connectivity index (χ1v) is 8.34. The smallest absolute Gasteiger partial charge is 0.231 e. The normalized spacial score (nSPS) is 18.0. The lowest BCUT2D eigenvalue weighted by Crippen LogP contribution is -2.22. The Morgan fingerprint density at radius 1 is 1.00 bits per heavy atom. The zero-order valence-electron chi connectivity index (χ0n) is 12.9. The molecule has 1 aromatic rings. The summed E-state index contributed by atoms with van der Waals surface area (Å²) in [7, 11) is 0. The fourth-order valence-electron chi connectivity index (χ4n) is 2.61. The molecule has 2 heterocycles. The Morgan fingerprint density at radius 3 is 2.29 bits per heavy atom. The number of hydrogen-bond acceptors (Lipinski definition) is 6. The van der Waals surface area contributed by atoms with E-state index < -0.39 is 0 Å². The van der Waals surface area contributed by atoms with Crippen LogP contribution in [0.3, 0.4) is 0 Å². The molecule has 0 bridgehead atoms. The molecule has 0 aromatic carbocycles. The van der Waals surface area contributed by atoms with Gasteiger partial charge in [-0.3, -0.25) is 0 Å². The molecule has 116 valence electrons. The second-order valence-corrected chi connectivity index (χ2v) is 6.06. The summed E-state index contributed by atoms with van der Waals surface area (Å²) in [5.74, 6) is 3.15. The van der Waals surface area contributed by atoms with Crippen LogP contribution < -0.4 is 15.5 Å². The third-order valence-corrected chi connectivity index (χ3v) is 4.08. The van der Waals surface area contributed by atoms with Gasteiger partial charge in [-0.2, -0.15) is 15.0 Å². The lowest BCUT2D eigenvalue weighted by molar-refractivity contribution is 0.753. The van der Waals surface area contributed by atoms with Crippen molar-refractivity contribution in [3.05, 3.63) is 0 Å². The van der Waals surface area contributed by atoms with E-state index in [1.54, 1.807) is 0 Å². The van der Waals surface area contributed by atoms with Crippen LogP contribution in [-0.2, 0) is 0 Å². The SMILES string of the molecule is CCCNc1nc(NCCC2CC2)nc(N2CCCC2)n1. The van der Waals surface area contributed by atoms with Crippen molar-refractivity contribution >= 4 is 17.8 Å². The predicted molar refractivity (Wildman–Crippen MR) is 85.9 cm³/mol. The first-order chi connectivity index (χ1) is 10.3. The van der Waals surface area contributed by atoms with E-state index in [4.69, 9.17) is 0 Å². The summed E-state index contributed by atoms with van der Waals surface area (Å²) in [6.45, 7) is 6.11. The zero-order valence-corrected chi connectivity index (χ0v) is 12.9. The minimum absolute atomic E-state index is 0.697. The van der Waals surface area contributed by atoms with E-state index in [9.17, 15) is 0 Å². The largest absolute Gasteiger partial charge is 0.354 e. The molecule has 2 N–H and O–H groups in total. The van der Waals surface area contributed by atoms with Crippen molar-refractivity contribution < 1.29 is 0 Å². The molecule has 2 aliphatic rings. The Bertz CT molecular complexity index is 453. The molecule has 6 heteroatoms. The zero-order chi connectivity index (χ0) is 14.5. The van der Waals surface area contributed by atoms with Crippen molar-refractivity contribution in [2.45, 2.75) is 45.4 Å². The maximum atomic E-state index is 4.59. The predicted octanol–water partition coefficient (Wildman–Crippen LogP) is 2.51. The van der Waals surface area contributed by atoms with Gasteiger partial charge >= 0.3 is 0 Å². The molecule has 3 rings (SSSR count). The maximum absolute atomic E-state index is 4.59. The number of aromatic nitrogens is 3. The van der Waals surface area contributed by atoms with Gasteiger partial charge in [-0.15, -0.1) is 0 Å². The third kappa shape index (κ3) is 4.19. The summed E-state index contributed by atoms with van der Waals surface area (Å²) in [4.78, 5) is 15.9. The summed E-state index contributed by atoms with van der Waals surface area (Å²) >= 11 is 0. The van der Waals surface area contributed by atoms with Crippen LogP contribution in [-0.4, -0.2) is 41.1 Å². The van der Waals surface area contributed by atoms with Crippen LogP contribution >= 0.6 is 0 Å². The second kappa shape index (κ2) is 6.91. The summed E-state index contributed by atoms with van der Waals surface area (Å²) in [5, 5.41) is 6.65. The van der Waals surface area contributed by atoms with Crippen LogP contribution in [0.5, 0.6) is 0 Å². The van der Waals surface area contributed by atoms with Gasteiger partial charge in [0.15, 0.2) is 0 Å². The second-order valence-electron chi connectivity index (χ2n) is 6.06. The lowest BCUT2D eigenvalue weighted by Gasteiger charge is -2.17. The lowest BCUT2D eigenvalue weighted by atomic mass is 10.3. The molecule has 0 amide bonds. The summed E-state index contributed by atoms with van der Waals surface area (Å²) in [6.07, 6.45) is 7.53. The molecule has 2 fully saturated rings. The van der Waals surface area contributed by atoms with Gasteiger partial charge < -0.3 is 15.5 Å². The average molecular weight is 290 g/mol. The standard InChI is InChI=1S/C15H26N6/c1-2-8-16-13-18-14(17-9-7-12-5-6-12)20-15(19-13)21-10-3-4-11-21/h12H,2-11H2,1H3,(H2,16,17,18,19,20). The fourth-order valence-corrected chi connectivity index (χ4v) is 2.61. The number of rotatable bonds is 8. The highest BCUT2D eigenvalue weighted by Gasteiger charge is 2.21. The molecule has 1 aliphatic carbocycles. The fraction of sp³-hybridized carbons (Fsp3) is 0.800. The average Bonchev–Trinajstić information content (AvgIpc) is 3.15. The molecule has 1 saturated heterocycles. The number of hydrogen-bond donors (Lipinski definition) is 2. The van der Waals surface area contributed by atoms with Gasteiger partial charge in [0.05, 0.1) is 0 Å². The summed E-state index contributed by atoms with van der Waals surface area (Å²) in [6, 6.07) is 0. The van der Waals surface area contributed by atoms with Gasteiger partial charge in [-0.25, -0.2) is 0 Å². The van der Waals surface area contributed by atoms with Crippen LogP contribution in [0.1, 0.15) is 45.4 Å². The highest BCUT2D eigenvalue weighted by Crippen LogP contribution is 2.32. The molecule has 1 saturated carbocycles. The first-order valence-electron chi connectivity index (χ1n) is 8.34. The molecule has 1 aromatic heterocycles. The number of anilines is 3. The van der Waals surface area contributed by atoms with Gasteiger partial charge in [-0.05, 0) is 31.6 Å². The first kappa shape index (κ1) is 14.4. The molecule has 1 aliphatic heterocycles. The van der Waals surface area contributed by atoms with Gasteiger partial charge in [0.25, 0.3) is 0 Å². The number of nitrogens with zero attached hydrogens (tertiary/aromatic N) is 4. The van der Waals surface area contributed by atoms with Crippen molar-refractivity contribution in [3.63, 3.8) is 0 Å². The van der Waals surface area contributed by atoms with E-state index in [1.807, 2.05) is 0 Å². The minimum Gasteiger partial charge on any atom is -0.354 e. The Kier molecular flexibility index (Phi) is 4.72. The highest BCUT2D eigenvalue weighted by molar-refractivity contribution is 5.44. The van der Waals surface area contributed by atoms with Gasteiger partial charge in [0.1, 0.15) is 0 Å². The molecular weight excluding hydrogens is 264 g/mol. The van der Waals surface area contributed by atoms with Crippen LogP contribution in [0.25, 0.3) is 0 Å². The molecule has 0 radical (unpaired) electrons. The van der Waals surface area contributed by atoms with Crippen molar-refractivity contribution in [1.82, 2.24) is 15.0 Å². The Labute approximate surface area is 126 Å². The number of nitrogens with one attached hydrogen (secondary N) is 2. The summed E-state index contributed by atoms with van der Waals surface area (Å²) < 4.78 is 0. The van der Waals surface area contributed by atoms with Crippen molar-refractivity contribution in [2.75, 3.05) is 41.7 Å². The van der Waals surface area contributed by atoms with Crippen LogP contribution in [0, 0.1) is 5.92 Å². The Morgan fingerprint density at radius 2 is 1.67 bits per heavy atom. The quantitative estimate of drug-likeness (QED) is 0.767. The molecule has 0 unspecified atom stereocenters. The van der Waals surface area contributed by atoms with Crippen molar-refractivity contribution in [2.24, 2.45) is 5.92 Å². The molecule has 0 atom stereocenters. The molecule has 0 spiro atoms. The topological polar surface area (TPSA) is 66.0 Å². The minimum atomic E-state index is 0.697. The Balaban J connectivity index is 1.67. The van der Waals surface area contributed by atoms with E-state index in [1.165, 1.54) is 32.1 Å². The van der Waals surface area contributed by atoms with Crippen molar-refractivity contribution in [3.8, 4) is 0 Å². The summed E-state index contributed by atoms with van der Waals surface area (Å²) in [5.41, 5.74) is 0. The van der Waals surface area contributed by atoms with E-state index in [2.05, 4.69) is 37.4 Å². The highest BCUT2D eigenvalue weighted by atomic mass is 15.3. The van der Waals surface area contributed by atoms with E-state index >= 15 is 0 Å². The van der Waals surface area contributed by atoms with Crippen molar-refractivity contribution in [1.29, 1.82) is 0 Å². The third-order valence-electron chi connectivity index (χ3n) is 4.08. The maximum Gasteiger partial charge on any atom is 0.231 e. The van der Waals surface area contributed by atoms with Crippen LogP contribution in [0.2, 0.25) is 0 Å². The van der Waals surface area contributed by atoms with Gasteiger partial charge in [0.2, 0.25) is 17.8 Å². The van der Waals surface area contributed by atoms with Gasteiger partial charge in [-0.1, -0.05) is 19.8 Å². The van der Waals surface area contributed by atoms with E-state index in [-0.39, 0.29) is 0 Å². The Hall–Kier alpha value is -1.59. The molecular formula is C15H26N6. The van der Waals surface area contributed by atoms with Crippen LogP contribution in [0.15, 0.2) is 0 Å². The van der Waals surface area contributed by atoms with Gasteiger partial charge in [0, 0.05) is 26.2 Å². The van der Waals surface area contributed by atoms with Crippen LogP contribution in [0.4, 0.5) is 17.8 Å². The molecule has 6 nitrogen and oxygen atoms in total. The monoisotopic (exact) mass is 290 g/mol.